The molecule has 1 amide bonds. The number of halogens is 1. The maximum absolute atomic E-state index is 12.3. The molecule has 1 saturated heterocycles. The number of ether oxygens (including phenoxy) is 1. The van der Waals surface area contributed by atoms with Crippen LogP contribution < -0.4 is 0 Å². The Hall–Kier alpha value is -1.40. The van der Waals surface area contributed by atoms with E-state index in [0.717, 1.165) is 10.0 Å². The highest BCUT2D eigenvalue weighted by Gasteiger charge is 2.29. The smallest absolute Gasteiger partial charge is 0.334 e. The van der Waals surface area contributed by atoms with Crippen LogP contribution in [0.3, 0.4) is 0 Å². The molecular formula is C15H18BrNO4. The molecule has 0 aromatic heterocycles. The molecule has 1 N–H and O–H groups in total. The van der Waals surface area contributed by atoms with Crippen LogP contribution in [0.15, 0.2) is 28.7 Å². The minimum Gasteiger partial charge on any atom is -0.479 e. The quantitative estimate of drug-likeness (QED) is 0.899. The minimum absolute atomic E-state index is 0.0344. The van der Waals surface area contributed by atoms with Gasteiger partial charge in [0.25, 0.3) is 0 Å². The molecule has 1 fully saturated rings. The second-order valence-corrected chi connectivity index (χ2v) is 6.02. The van der Waals surface area contributed by atoms with Crippen LogP contribution in [0.5, 0.6) is 0 Å². The van der Waals surface area contributed by atoms with Gasteiger partial charge in [0.1, 0.15) is 0 Å². The maximum atomic E-state index is 12.3. The number of carboxylic acid groups (broad SMARTS) is 1. The Morgan fingerprint density at radius 2 is 2.19 bits per heavy atom. The average molecular weight is 356 g/mol. The summed E-state index contributed by atoms with van der Waals surface area (Å²) in [5.74, 6) is -0.988. The largest absolute Gasteiger partial charge is 0.479 e. The van der Waals surface area contributed by atoms with Gasteiger partial charge < -0.3 is 14.7 Å². The minimum atomic E-state index is -1.02. The number of morpholine rings is 1. The fraction of sp³-hybridized carbons (Fsp3) is 0.467. The average Bonchev–Trinajstić information content (AvgIpc) is 2.47. The third-order valence-electron chi connectivity index (χ3n) is 3.61. The highest BCUT2D eigenvalue weighted by molar-refractivity contribution is 9.10. The lowest BCUT2D eigenvalue weighted by atomic mass is 9.97. The zero-order valence-corrected chi connectivity index (χ0v) is 13.4. The summed E-state index contributed by atoms with van der Waals surface area (Å²) >= 11 is 3.49. The van der Waals surface area contributed by atoms with Gasteiger partial charge in [-0.1, -0.05) is 41.1 Å². The predicted octanol–water partition coefficient (Wildman–Crippen LogP) is 2.25. The molecule has 0 spiro atoms. The topological polar surface area (TPSA) is 66.8 Å². The second kappa shape index (κ2) is 7.04. The van der Waals surface area contributed by atoms with E-state index in [-0.39, 0.29) is 25.0 Å². The van der Waals surface area contributed by atoms with Crippen molar-refractivity contribution in [1.82, 2.24) is 4.90 Å². The van der Waals surface area contributed by atoms with Crippen LogP contribution in [0.4, 0.5) is 0 Å². The molecule has 0 bridgehead atoms. The highest BCUT2D eigenvalue weighted by Crippen LogP contribution is 2.27. The lowest BCUT2D eigenvalue weighted by molar-refractivity contribution is -0.159. The molecule has 0 aliphatic carbocycles. The fourth-order valence-corrected chi connectivity index (χ4v) is 3.08. The first kappa shape index (κ1) is 16.0. The Balaban J connectivity index is 1.98. The van der Waals surface area contributed by atoms with E-state index in [2.05, 4.69) is 15.9 Å². The van der Waals surface area contributed by atoms with E-state index in [1.807, 2.05) is 31.2 Å². The first-order valence-electron chi connectivity index (χ1n) is 6.85. The van der Waals surface area contributed by atoms with E-state index in [9.17, 15) is 9.59 Å². The van der Waals surface area contributed by atoms with Gasteiger partial charge in [0.2, 0.25) is 5.91 Å². The Bertz CT molecular complexity index is 534. The van der Waals surface area contributed by atoms with E-state index in [1.165, 1.54) is 0 Å². The molecule has 5 nitrogen and oxygen atoms in total. The van der Waals surface area contributed by atoms with Gasteiger partial charge in [-0.3, -0.25) is 4.79 Å². The molecule has 1 aromatic carbocycles. The number of hydrogen-bond acceptors (Lipinski definition) is 3. The van der Waals surface area contributed by atoms with Crippen LogP contribution >= 0.6 is 15.9 Å². The Morgan fingerprint density at radius 3 is 2.86 bits per heavy atom. The van der Waals surface area contributed by atoms with E-state index < -0.39 is 12.1 Å². The van der Waals surface area contributed by atoms with Gasteiger partial charge in [0.15, 0.2) is 6.10 Å². The normalized spacial score (nSPS) is 20.1. The Morgan fingerprint density at radius 1 is 1.48 bits per heavy atom. The van der Waals surface area contributed by atoms with Crippen molar-refractivity contribution in [3.05, 3.63) is 34.3 Å². The van der Waals surface area contributed by atoms with E-state index in [0.29, 0.717) is 13.0 Å². The first-order valence-corrected chi connectivity index (χ1v) is 7.65. The molecule has 0 unspecified atom stereocenters. The number of aliphatic carboxylic acids is 1. The molecule has 1 aliphatic heterocycles. The summed E-state index contributed by atoms with van der Waals surface area (Å²) < 4.78 is 6.11. The third kappa shape index (κ3) is 4.04. The van der Waals surface area contributed by atoms with Crippen LogP contribution in [0.1, 0.15) is 24.8 Å². The molecule has 114 valence electrons. The van der Waals surface area contributed by atoms with E-state index in [4.69, 9.17) is 9.84 Å². The standard InChI is InChI=1S/C15H18BrNO4/c1-10(11-4-2-3-5-12(11)16)8-14(18)17-6-7-21-13(9-17)15(19)20/h2-5,10,13H,6-9H2,1H3,(H,19,20)/t10-,13+/m0/s1. The molecule has 6 heteroatoms. The van der Waals surface area contributed by atoms with Gasteiger partial charge in [-0.15, -0.1) is 0 Å². The van der Waals surface area contributed by atoms with Crippen LogP contribution in [0.25, 0.3) is 0 Å². The number of carboxylic acids is 1. The molecule has 1 heterocycles. The molecule has 1 aromatic rings. The van der Waals surface area contributed by atoms with Crippen LogP contribution in [0, 0.1) is 0 Å². The number of nitrogens with zero attached hydrogens (tertiary/aromatic N) is 1. The molecule has 21 heavy (non-hydrogen) atoms. The summed E-state index contributed by atoms with van der Waals surface area (Å²) in [5, 5.41) is 8.96. The van der Waals surface area contributed by atoms with Crippen molar-refractivity contribution >= 4 is 27.8 Å². The van der Waals surface area contributed by atoms with E-state index >= 15 is 0 Å². The monoisotopic (exact) mass is 355 g/mol. The van der Waals surface area contributed by atoms with Gasteiger partial charge in [-0.05, 0) is 17.5 Å². The second-order valence-electron chi connectivity index (χ2n) is 5.16. The lowest BCUT2D eigenvalue weighted by Gasteiger charge is -2.31. The highest BCUT2D eigenvalue weighted by atomic mass is 79.9. The van der Waals surface area contributed by atoms with Crippen LogP contribution in [0.2, 0.25) is 0 Å². The SMILES string of the molecule is C[C@@H](CC(=O)N1CCO[C@@H](C(=O)O)C1)c1ccccc1Br. The Kier molecular flexibility index (Phi) is 5.36. The fourth-order valence-electron chi connectivity index (χ4n) is 2.40. The zero-order valence-electron chi connectivity index (χ0n) is 11.8. The summed E-state index contributed by atoms with van der Waals surface area (Å²) in [4.78, 5) is 24.8. The van der Waals surface area contributed by atoms with Crippen molar-refractivity contribution in [2.45, 2.75) is 25.4 Å². The van der Waals surface area contributed by atoms with Gasteiger partial charge in [0.05, 0.1) is 13.2 Å². The van der Waals surface area contributed by atoms with Crippen molar-refractivity contribution in [3.63, 3.8) is 0 Å². The van der Waals surface area contributed by atoms with Crippen molar-refractivity contribution in [1.29, 1.82) is 0 Å². The lowest BCUT2D eigenvalue weighted by Crippen LogP contribution is -2.48. The van der Waals surface area contributed by atoms with Crippen molar-refractivity contribution < 1.29 is 19.4 Å². The number of benzene rings is 1. The Labute approximate surface area is 132 Å². The van der Waals surface area contributed by atoms with E-state index in [1.54, 1.807) is 4.90 Å². The molecule has 2 atom stereocenters. The third-order valence-corrected chi connectivity index (χ3v) is 4.33. The predicted molar refractivity (Wildman–Crippen MR) is 81.1 cm³/mol. The van der Waals surface area contributed by atoms with Gasteiger partial charge >= 0.3 is 5.97 Å². The molecule has 0 saturated carbocycles. The molecule has 1 aliphatic rings. The number of hydrogen-bond donors (Lipinski definition) is 1. The molecular weight excluding hydrogens is 338 g/mol. The first-order chi connectivity index (χ1) is 9.99. The summed E-state index contributed by atoms with van der Waals surface area (Å²) in [6.45, 7) is 2.83. The van der Waals surface area contributed by atoms with Gasteiger partial charge in [-0.2, -0.15) is 0 Å². The number of carbonyl (C=O) groups excluding carboxylic acids is 1. The summed E-state index contributed by atoms with van der Waals surface area (Å²) in [6, 6.07) is 7.81. The number of carbonyl (C=O) groups is 2. The van der Waals surface area contributed by atoms with Crippen LogP contribution in [-0.4, -0.2) is 47.7 Å². The number of rotatable bonds is 4. The summed E-state index contributed by atoms with van der Waals surface area (Å²) in [6.07, 6.45) is -0.559. The molecule has 2 rings (SSSR count). The zero-order chi connectivity index (χ0) is 15.4. The molecule has 0 radical (unpaired) electrons. The van der Waals surface area contributed by atoms with Crippen molar-refractivity contribution in [2.24, 2.45) is 0 Å². The summed E-state index contributed by atoms with van der Waals surface area (Å²) in [7, 11) is 0. The van der Waals surface area contributed by atoms with Crippen LogP contribution in [-0.2, 0) is 14.3 Å². The van der Waals surface area contributed by atoms with Gasteiger partial charge in [0, 0.05) is 17.4 Å². The van der Waals surface area contributed by atoms with Crippen molar-refractivity contribution in [3.8, 4) is 0 Å². The van der Waals surface area contributed by atoms with Crippen molar-refractivity contribution in [2.75, 3.05) is 19.7 Å². The summed E-state index contributed by atoms with van der Waals surface area (Å²) in [5.41, 5.74) is 1.08. The number of amides is 1. The van der Waals surface area contributed by atoms with Gasteiger partial charge in [-0.25, -0.2) is 4.79 Å². The maximum Gasteiger partial charge on any atom is 0.334 e.